The quantitative estimate of drug-likeness (QED) is 0.733. The molecule has 92 valence electrons. The summed E-state index contributed by atoms with van der Waals surface area (Å²) in [6.45, 7) is 2.79. The molecule has 0 heterocycles. The summed E-state index contributed by atoms with van der Waals surface area (Å²) in [6.07, 6.45) is 0. The highest BCUT2D eigenvalue weighted by atomic mass is 16.5. The molecule has 0 aliphatic rings. The lowest BCUT2D eigenvalue weighted by molar-refractivity contribution is -0.126. The van der Waals surface area contributed by atoms with Crippen LogP contribution in [0.1, 0.15) is 25.3 Å². The van der Waals surface area contributed by atoms with Crippen molar-refractivity contribution >= 4 is 11.6 Å². The number of benzene rings is 1. The molecule has 17 heavy (non-hydrogen) atoms. The maximum atomic E-state index is 11.5. The van der Waals surface area contributed by atoms with Crippen molar-refractivity contribution in [3.05, 3.63) is 23.8 Å². The monoisotopic (exact) mass is 236 g/mol. The van der Waals surface area contributed by atoms with Crippen LogP contribution in [0.25, 0.3) is 0 Å². The van der Waals surface area contributed by atoms with Crippen molar-refractivity contribution in [3.8, 4) is 11.5 Å². The first-order valence-corrected chi connectivity index (χ1v) is 5.24. The Morgan fingerprint density at radius 3 is 2.06 bits per heavy atom. The molecule has 0 radical (unpaired) electrons. The normalized spacial score (nSPS) is 10.2. The van der Waals surface area contributed by atoms with Crippen LogP contribution in [0.2, 0.25) is 0 Å². The zero-order valence-corrected chi connectivity index (χ0v) is 10.4. The Morgan fingerprint density at radius 2 is 1.65 bits per heavy atom. The van der Waals surface area contributed by atoms with E-state index in [4.69, 9.17) is 9.47 Å². The van der Waals surface area contributed by atoms with Crippen LogP contribution in [0.15, 0.2) is 18.2 Å². The highest BCUT2D eigenvalue weighted by Crippen LogP contribution is 2.31. The Labute approximate surface area is 101 Å². The zero-order chi connectivity index (χ0) is 13.0. The topological polar surface area (TPSA) is 52.6 Å². The molecule has 4 nitrogen and oxygen atoms in total. The average molecular weight is 236 g/mol. The van der Waals surface area contributed by atoms with Gasteiger partial charge in [-0.3, -0.25) is 9.59 Å². The van der Waals surface area contributed by atoms with E-state index in [2.05, 4.69) is 0 Å². The molecule has 4 heteroatoms. The van der Waals surface area contributed by atoms with Gasteiger partial charge in [-0.1, -0.05) is 0 Å². The second-order valence-electron chi connectivity index (χ2n) is 3.76. The Morgan fingerprint density at radius 1 is 1.06 bits per heavy atom. The van der Waals surface area contributed by atoms with E-state index >= 15 is 0 Å². The fourth-order valence-electron chi connectivity index (χ4n) is 1.79. The van der Waals surface area contributed by atoms with Crippen LogP contribution in [0.5, 0.6) is 11.5 Å². The van der Waals surface area contributed by atoms with Gasteiger partial charge in [0.05, 0.1) is 14.2 Å². The van der Waals surface area contributed by atoms with Crippen molar-refractivity contribution in [2.24, 2.45) is 0 Å². The van der Waals surface area contributed by atoms with Gasteiger partial charge in [0.25, 0.3) is 0 Å². The molecule has 0 fully saturated rings. The summed E-state index contributed by atoms with van der Waals surface area (Å²) < 4.78 is 10.3. The molecule has 0 aromatic heterocycles. The summed E-state index contributed by atoms with van der Waals surface area (Å²) in [5.74, 6) is -0.0948. The Kier molecular flexibility index (Phi) is 4.26. The van der Waals surface area contributed by atoms with Gasteiger partial charge in [0.15, 0.2) is 0 Å². The minimum atomic E-state index is -0.792. The first-order valence-electron chi connectivity index (χ1n) is 5.24. The standard InChI is InChI=1S/C13H16O4/c1-8(14)13(9(2)15)11-7-10(16-3)5-6-12(11)17-4/h5-7,13H,1-4H3. The molecule has 1 rings (SSSR count). The Hall–Kier alpha value is -1.84. The van der Waals surface area contributed by atoms with E-state index in [1.54, 1.807) is 18.2 Å². The number of hydrogen-bond donors (Lipinski definition) is 0. The third-order valence-corrected chi connectivity index (χ3v) is 2.56. The van der Waals surface area contributed by atoms with Crippen molar-refractivity contribution < 1.29 is 19.1 Å². The maximum absolute atomic E-state index is 11.5. The van der Waals surface area contributed by atoms with E-state index in [1.165, 1.54) is 28.1 Å². The van der Waals surface area contributed by atoms with E-state index in [1.807, 2.05) is 0 Å². The lowest BCUT2D eigenvalue weighted by Gasteiger charge is -2.15. The minimum absolute atomic E-state index is 0.205. The van der Waals surface area contributed by atoms with Gasteiger partial charge in [-0.15, -0.1) is 0 Å². The van der Waals surface area contributed by atoms with Crippen molar-refractivity contribution in [3.63, 3.8) is 0 Å². The van der Waals surface area contributed by atoms with Crippen molar-refractivity contribution in [1.82, 2.24) is 0 Å². The number of rotatable bonds is 5. The first kappa shape index (κ1) is 13.2. The summed E-state index contributed by atoms with van der Waals surface area (Å²) in [6, 6.07) is 5.07. The number of hydrogen-bond acceptors (Lipinski definition) is 4. The minimum Gasteiger partial charge on any atom is -0.497 e. The fraction of sp³-hybridized carbons (Fsp3) is 0.385. The third kappa shape index (κ3) is 2.84. The fourth-order valence-corrected chi connectivity index (χ4v) is 1.79. The molecule has 0 atom stereocenters. The summed E-state index contributed by atoms with van der Waals surface area (Å²) >= 11 is 0. The molecular weight excluding hydrogens is 220 g/mol. The lowest BCUT2D eigenvalue weighted by atomic mass is 9.91. The van der Waals surface area contributed by atoms with Crippen LogP contribution in [0.3, 0.4) is 0 Å². The van der Waals surface area contributed by atoms with Crippen LogP contribution in [0.4, 0.5) is 0 Å². The predicted octanol–water partition coefficient (Wildman–Crippen LogP) is 1.97. The number of ether oxygens (including phenoxy) is 2. The number of Topliss-reactive ketones (excluding diaryl/α,β-unsaturated/α-hetero) is 2. The third-order valence-electron chi connectivity index (χ3n) is 2.56. The molecule has 0 N–H and O–H groups in total. The highest BCUT2D eigenvalue weighted by molar-refractivity contribution is 6.06. The summed E-state index contributed by atoms with van der Waals surface area (Å²) in [5.41, 5.74) is 0.548. The number of methoxy groups -OCH3 is 2. The van der Waals surface area contributed by atoms with Crippen molar-refractivity contribution in [2.45, 2.75) is 19.8 Å². The molecule has 1 aromatic rings. The van der Waals surface area contributed by atoms with E-state index in [0.717, 1.165) is 0 Å². The SMILES string of the molecule is COc1ccc(OC)c(C(C(C)=O)C(C)=O)c1. The summed E-state index contributed by atoms with van der Waals surface area (Å²) in [4.78, 5) is 23.1. The van der Waals surface area contributed by atoms with Gasteiger partial charge in [0.2, 0.25) is 0 Å². The van der Waals surface area contributed by atoms with Gasteiger partial charge in [-0.05, 0) is 32.0 Å². The second-order valence-corrected chi connectivity index (χ2v) is 3.76. The first-order chi connectivity index (χ1) is 8.01. The van der Waals surface area contributed by atoms with Gasteiger partial charge in [-0.2, -0.15) is 0 Å². The Balaban J connectivity index is 3.33. The van der Waals surface area contributed by atoms with Gasteiger partial charge < -0.3 is 9.47 Å². The van der Waals surface area contributed by atoms with Crippen LogP contribution < -0.4 is 9.47 Å². The summed E-state index contributed by atoms with van der Waals surface area (Å²) in [7, 11) is 3.03. The van der Waals surface area contributed by atoms with E-state index in [9.17, 15) is 9.59 Å². The van der Waals surface area contributed by atoms with Crippen LogP contribution in [-0.4, -0.2) is 25.8 Å². The molecule has 0 aliphatic heterocycles. The highest BCUT2D eigenvalue weighted by Gasteiger charge is 2.25. The smallest absolute Gasteiger partial charge is 0.144 e. The average Bonchev–Trinajstić information content (AvgIpc) is 2.28. The molecule has 0 spiro atoms. The molecule has 0 bridgehead atoms. The molecule has 0 unspecified atom stereocenters. The Bertz CT molecular complexity index is 423. The number of carbonyl (C=O) groups excluding carboxylic acids is 2. The molecule has 0 saturated heterocycles. The van der Waals surface area contributed by atoms with Gasteiger partial charge in [0, 0.05) is 5.56 Å². The van der Waals surface area contributed by atoms with Gasteiger partial charge in [0.1, 0.15) is 29.0 Å². The zero-order valence-electron chi connectivity index (χ0n) is 10.4. The van der Waals surface area contributed by atoms with Crippen molar-refractivity contribution in [2.75, 3.05) is 14.2 Å². The van der Waals surface area contributed by atoms with Crippen LogP contribution in [0, 0.1) is 0 Å². The predicted molar refractivity (Wildman–Crippen MR) is 63.6 cm³/mol. The van der Waals surface area contributed by atoms with Crippen molar-refractivity contribution in [1.29, 1.82) is 0 Å². The molecule has 0 aliphatic carbocycles. The van der Waals surface area contributed by atoms with E-state index in [-0.39, 0.29) is 11.6 Å². The molecular formula is C13H16O4. The molecule has 0 saturated carbocycles. The maximum Gasteiger partial charge on any atom is 0.144 e. The lowest BCUT2D eigenvalue weighted by Crippen LogP contribution is -2.18. The number of ketones is 2. The molecule has 1 aromatic carbocycles. The summed E-state index contributed by atoms with van der Waals surface area (Å²) in [5, 5.41) is 0. The van der Waals surface area contributed by atoms with Crippen LogP contribution >= 0.6 is 0 Å². The van der Waals surface area contributed by atoms with Gasteiger partial charge >= 0.3 is 0 Å². The van der Waals surface area contributed by atoms with E-state index in [0.29, 0.717) is 17.1 Å². The van der Waals surface area contributed by atoms with E-state index < -0.39 is 5.92 Å². The van der Waals surface area contributed by atoms with Gasteiger partial charge in [-0.25, -0.2) is 0 Å². The van der Waals surface area contributed by atoms with Crippen LogP contribution in [-0.2, 0) is 9.59 Å². The second kappa shape index (κ2) is 5.48. The molecule has 0 amide bonds. The number of carbonyl (C=O) groups is 2. The largest absolute Gasteiger partial charge is 0.497 e.